The van der Waals surface area contributed by atoms with Gasteiger partial charge in [-0.1, -0.05) is 0 Å². The van der Waals surface area contributed by atoms with Crippen LogP contribution < -0.4 is 4.72 Å². The third kappa shape index (κ3) is 3.14. The van der Waals surface area contributed by atoms with Crippen molar-refractivity contribution in [1.82, 2.24) is 4.72 Å². The molecule has 0 radical (unpaired) electrons. The fourth-order valence-corrected chi connectivity index (χ4v) is 4.77. The van der Waals surface area contributed by atoms with Crippen molar-refractivity contribution in [1.29, 1.82) is 0 Å². The van der Waals surface area contributed by atoms with Crippen LogP contribution in [0, 0.1) is 11.6 Å². The predicted molar refractivity (Wildman–Crippen MR) is 77.5 cm³/mol. The van der Waals surface area contributed by atoms with Crippen LogP contribution in [0.4, 0.5) is 8.78 Å². The van der Waals surface area contributed by atoms with Crippen molar-refractivity contribution in [3.8, 4) is 0 Å². The molecule has 1 aliphatic rings. The van der Waals surface area contributed by atoms with Gasteiger partial charge in [-0.3, -0.25) is 0 Å². The Kier molecular flexibility index (Phi) is 3.81. The number of benzene rings is 1. The summed E-state index contributed by atoms with van der Waals surface area (Å²) >= 11 is 1.42. The first-order chi connectivity index (χ1) is 9.94. The second kappa shape index (κ2) is 5.47. The molecule has 0 saturated carbocycles. The Bertz CT molecular complexity index is 758. The largest absolute Gasteiger partial charge is 0.216 e. The summed E-state index contributed by atoms with van der Waals surface area (Å²) in [6.07, 6.45) is 0.853. The Morgan fingerprint density at radius 3 is 2.86 bits per heavy atom. The zero-order chi connectivity index (χ0) is 15.0. The predicted octanol–water partition coefficient (Wildman–Crippen LogP) is 3.13. The van der Waals surface area contributed by atoms with Crippen molar-refractivity contribution in [3.63, 3.8) is 0 Å². The van der Waals surface area contributed by atoms with E-state index in [0.29, 0.717) is 29.5 Å². The van der Waals surface area contributed by atoms with E-state index in [9.17, 15) is 17.2 Å². The molecule has 1 atom stereocenters. The highest BCUT2D eigenvalue weighted by molar-refractivity contribution is 7.88. The summed E-state index contributed by atoms with van der Waals surface area (Å²) in [4.78, 5) is 0. The maximum atomic E-state index is 13.6. The van der Waals surface area contributed by atoms with Crippen LogP contribution in [0.3, 0.4) is 0 Å². The summed E-state index contributed by atoms with van der Waals surface area (Å²) in [5.74, 6) is -1.42. The summed E-state index contributed by atoms with van der Waals surface area (Å²) in [5, 5.41) is 3.57. The van der Waals surface area contributed by atoms with Crippen molar-refractivity contribution in [3.05, 3.63) is 57.3 Å². The molecule has 1 aromatic carbocycles. The molecule has 7 heteroatoms. The number of thiophene rings is 1. The van der Waals surface area contributed by atoms with Crippen LogP contribution in [0.15, 0.2) is 29.0 Å². The summed E-state index contributed by atoms with van der Waals surface area (Å²) < 4.78 is 53.8. The van der Waals surface area contributed by atoms with Crippen molar-refractivity contribution >= 4 is 21.4 Å². The SMILES string of the molecule is O=S(=O)(Cc1ccsc1)NC1CCc2c(F)cc(F)cc21. The van der Waals surface area contributed by atoms with Crippen molar-refractivity contribution in [2.24, 2.45) is 0 Å². The Morgan fingerprint density at radius 2 is 2.14 bits per heavy atom. The summed E-state index contributed by atoms with van der Waals surface area (Å²) in [6.45, 7) is 0. The first kappa shape index (κ1) is 14.6. The minimum atomic E-state index is -3.54. The zero-order valence-corrected chi connectivity index (χ0v) is 12.6. The van der Waals surface area contributed by atoms with Gasteiger partial charge in [0.2, 0.25) is 10.0 Å². The monoisotopic (exact) mass is 329 g/mol. The van der Waals surface area contributed by atoms with Gasteiger partial charge in [-0.15, -0.1) is 0 Å². The van der Waals surface area contributed by atoms with E-state index in [1.54, 1.807) is 16.8 Å². The average Bonchev–Trinajstić information content (AvgIpc) is 2.99. The topological polar surface area (TPSA) is 46.2 Å². The van der Waals surface area contributed by atoms with Crippen molar-refractivity contribution in [2.45, 2.75) is 24.6 Å². The molecule has 3 nitrogen and oxygen atoms in total. The average molecular weight is 329 g/mol. The molecule has 0 saturated heterocycles. The molecule has 3 rings (SSSR count). The molecule has 112 valence electrons. The van der Waals surface area contributed by atoms with Gasteiger partial charge in [0.1, 0.15) is 11.6 Å². The first-order valence-electron chi connectivity index (χ1n) is 6.43. The highest BCUT2D eigenvalue weighted by atomic mass is 32.2. The number of hydrogen-bond acceptors (Lipinski definition) is 3. The van der Waals surface area contributed by atoms with Crippen LogP contribution in [0.5, 0.6) is 0 Å². The van der Waals surface area contributed by atoms with Crippen molar-refractivity contribution < 1.29 is 17.2 Å². The molecule has 1 aliphatic carbocycles. The normalized spacial score (nSPS) is 17.9. The van der Waals surface area contributed by atoms with E-state index in [1.165, 1.54) is 17.4 Å². The molecule has 0 fully saturated rings. The lowest BCUT2D eigenvalue weighted by Crippen LogP contribution is -2.28. The van der Waals surface area contributed by atoms with Gasteiger partial charge in [-0.25, -0.2) is 21.9 Å². The summed E-state index contributed by atoms with van der Waals surface area (Å²) in [6, 6.07) is 3.23. The molecule has 0 amide bonds. The van der Waals surface area contributed by atoms with Crippen LogP contribution in [0.25, 0.3) is 0 Å². The highest BCUT2D eigenvalue weighted by Crippen LogP contribution is 2.34. The van der Waals surface area contributed by atoms with E-state index >= 15 is 0 Å². The van der Waals surface area contributed by atoms with Gasteiger partial charge in [-0.2, -0.15) is 11.3 Å². The lowest BCUT2D eigenvalue weighted by atomic mass is 10.1. The maximum Gasteiger partial charge on any atom is 0.216 e. The Hall–Kier alpha value is -1.31. The molecule has 1 heterocycles. The lowest BCUT2D eigenvalue weighted by Gasteiger charge is -2.14. The van der Waals surface area contributed by atoms with Gasteiger partial charge in [0.25, 0.3) is 0 Å². The number of fused-ring (bicyclic) bond motifs is 1. The number of nitrogens with one attached hydrogen (secondary N) is 1. The van der Waals surface area contributed by atoms with E-state index < -0.39 is 27.7 Å². The molecule has 1 unspecified atom stereocenters. The van der Waals surface area contributed by atoms with E-state index in [4.69, 9.17) is 0 Å². The number of halogens is 2. The summed E-state index contributed by atoms with van der Waals surface area (Å²) in [7, 11) is -3.54. The first-order valence-corrected chi connectivity index (χ1v) is 9.03. The lowest BCUT2D eigenvalue weighted by molar-refractivity contribution is 0.551. The summed E-state index contributed by atoms with van der Waals surface area (Å²) in [5.41, 5.74) is 1.51. The molecular weight excluding hydrogens is 316 g/mol. The quantitative estimate of drug-likeness (QED) is 0.937. The standard InChI is InChI=1S/C14H13F2NO2S2/c15-10-5-12-11(13(16)6-10)1-2-14(12)17-21(18,19)8-9-3-4-20-7-9/h3-7,14,17H,1-2,8H2. The number of hydrogen-bond donors (Lipinski definition) is 1. The molecule has 0 bridgehead atoms. The molecule has 1 N–H and O–H groups in total. The number of rotatable bonds is 4. The second-order valence-electron chi connectivity index (χ2n) is 5.06. The fourth-order valence-electron chi connectivity index (χ4n) is 2.62. The molecule has 1 aromatic heterocycles. The Morgan fingerprint density at radius 1 is 1.33 bits per heavy atom. The second-order valence-corrected chi connectivity index (χ2v) is 7.59. The zero-order valence-electron chi connectivity index (χ0n) is 11.0. The third-order valence-electron chi connectivity index (χ3n) is 3.51. The van der Waals surface area contributed by atoms with Gasteiger partial charge in [0.15, 0.2) is 0 Å². The van der Waals surface area contributed by atoms with E-state index in [1.807, 2.05) is 0 Å². The highest BCUT2D eigenvalue weighted by Gasteiger charge is 2.29. The molecule has 0 aliphatic heterocycles. The minimum Gasteiger partial charge on any atom is -0.212 e. The van der Waals surface area contributed by atoms with E-state index in [0.717, 1.165) is 6.07 Å². The van der Waals surface area contributed by atoms with E-state index in [-0.39, 0.29) is 5.75 Å². The van der Waals surface area contributed by atoms with Crippen LogP contribution in [-0.4, -0.2) is 8.42 Å². The molecule has 21 heavy (non-hydrogen) atoms. The molecule has 0 spiro atoms. The third-order valence-corrected chi connectivity index (χ3v) is 5.60. The van der Waals surface area contributed by atoms with Crippen LogP contribution in [0.1, 0.15) is 29.2 Å². The minimum absolute atomic E-state index is 0.125. The number of sulfonamides is 1. The van der Waals surface area contributed by atoms with Crippen molar-refractivity contribution in [2.75, 3.05) is 0 Å². The van der Waals surface area contributed by atoms with Gasteiger partial charge in [0, 0.05) is 12.1 Å². The molecule has 2 aromatic rings. The van der Waals surface area contributed by atoms with Gasteiger partial charge in [-0.05, 0) is 52.4 Å². The van der Waals surface area contributed by atoms with Gasteiger partial charge >= 0.3 is 0 Å². The fraction of sp³-hybridized carbons (Fsp3) is 0.286. The van der Waals surface area contributed by atoms with E-state index in [2.05, 4.69) is 4.72 Å². The maximum absolute atomic E-state index is 13.6. The smallest absolute Gasteiger partial charge is 0.212 e. The Balaban J connectivity index is 1.82. The van der Waals surface area contributed by atoms with Gasteiger partial charge < -0.3 is 0 Å². The molecular formula is C14H13F2NO2S2. The van der Waals surface area contributed by atoms with Crippen LogP contribution >= 0.6 is 11.3 Å². The Labute approximate surface area is 125 Å². The van der Waals surface area contributed by atoms with Gasteiger partial charge in [0.05, 0.1) is 5.75 Å². The van der Waals surface area contributed by atoms with Crippen LogP contribution in [0.2, 0.25) is 0 Å². The van der Waals surface area contributed by atoms with Crippen LogP contribution in [-0.2, 0) is 22.2 Å².